The zero-order valence-electron chi connectivity index (χ0n) is 19.5. The summed E-state index contributed by atoms with van der Waals surface area (Å²) < 4.78 is 10.7. The number of ether oxygens (including phenoxy) is 2. The van der Waals surface area contributed by atoms with Crippen LogP contribution in [0.3, 0.4) is 0 Å². The van der Waals surface area contributed by atoms with Gasteiger partial charge in [-0.1, -0.05) is 19.3 Å². The number of alkyl carbamates (subject to hydrolysis) is 1. The Morgan fingerprint density at radius 1 is 1.19 bits per heavy atom. The molecule has 178 valence electrons. The molecule has 1 aromatic rings. The van der Waals surface area contributed by atoms with E-state index >= 15 is 0 Å². The Balaban J connectivity index is 1.54. The zero-order valence-corrected chi connectivity index (χ0v) is 19.5. The van der Waals surface area contributed by atoms with Crippen LogP contribution in [0, 0.1) is 5.92 Å². The lowest BCUT2D eigenvalue weighted by Crippen LogP contribution is -2.50. The van der Waals surface area contributed by atoms with E-state index in [1.54, 1.807) is 6.20 Å². The van der Waals surface area contributed by atoms with Crippen molar-refractivity contribution in [2.75, 3.05) is 43.1 Å². The van der Waals surface area contributed by atoms with E-state index in [0.717, 1.165) is 44.6 Å². The van der Waals surface area contributed by atoms with Crippen molar-refractivity contribution >= 4 is 23.6 Å². The molecule has 0 bridgehead atoms. The SMILES string of the molecule is CC(C)(C)OC(=O)NC[C@H](NC(=O)Nc1ccc(N2CCOCC2)nc1)C1CCCCC1. The van der Waals surface area contributed by atoms with Crippen LogP contribution in [0.4, 0.5) is 21.1 Å². The van der Waals surface area contributed by atoms with Gasteiger partial charge in [0.1, 0.15) is 11.4 Å². The summed E-state index contributed by atoms with van der Waals surface area (Å²) >= 11 is 0. The highest BCUT2D eigenvalue weighted by molar-refractivity contribution is 5.89. The molecule has 1 aromatic heterocycles. The molecule has 2 fully saturated rings. The Kier molecular flexibility index (Phi) is 8.55. The second-order valence-electron chi connectivity index (χ2n) is 9.49. The van der Waals surface area contributed by atoms with Crippen LogP contribution in [-0.2, 0) is 9.47 Å². The first-order valence-corrected chi connectivity index (χ1v) is 11.6. The van der Waals surface area contributed by atoms with Gasteiger partial charge in [-0.25, -0.2) is 14.6 Å². The van der Waals surface area contributed by atoms with Gasteiger partial charge in [0.2, 0.25) is 0 Å². The van der Waals surface area contributed by atoms with Crippen LogP contribution in [0.25, 0.3) is 0 Å². The third kappa shape index (κ3) is 7.85. The number of carbonyl (C=O) groups is 2. The van der Waals surface area contributed by atoms with E-state index < -0.39 is 11.7 Å². The van der Waals surface area contributed by atoms with Crippen molar-refractivity contribution in [3.63, 3.8) is 0 Å². The zero-order chi connectivity index (χ0) is 23.0. The van der Waals surface area contributed by atoms with Crippen molar-refractivity contribution < 1.29 is 19.1 Å². The minimum Gasteiger partial charge on any atom is -0.444 e. The molecule has 2 heterocycles. The number of hydrogen-bond acceptors (Lipinski definition) is 6. The molecule has 3 N–H and O–H groups in total. The molecule has 0 unspecified atom stereocenters. The molecule has 0 radical (unpaired) electrons. The van der Waals surface area contributed by atoms with Crippen molar-refractivity contribution in [2.45, 2.75) is 64.5 Å². The van der Waals surface area contributed by atoms with E-state index in [2.05, 4.69) is 25.8 Å². The van der Waals surface area contributed by atoms with Gasteiger partial charge in [0, 0.05) is 19.6 Å². The molecule has 9 heteroatoms. The molecular formula is C23H37N5O4. The number of nitrogens with one attached hydrogen (secondary N) is 3. The number of urea groups is 1. The second-order valence-corrected chi connectivity index (χ2v) is 9.49. The van der Waals surface area contributed by atoms with Crippen LogP contribution in [-0.4, -0.2) is 61.6 Å². The largest absolute Gasteiger partial charge is 0.444 e. The predicted molar refractivity (Wildman–Crippen MR) is 124 cm³/mol. The topological polar surface area (TPSA) is 105 Å². The summed E-state index contributed by atoms with van der Waals surface area (Å²) in [7, 11) is 0. The number of aromatic nitrogens is 1. The maximum Gasteiger partial charge on any atom is 0.407 e. The van der Waals surface area contributed by atoms with Crippen LogP contribution in [0.5, 0.6) is 0 Å². The molecule has 1 saturated heterocycles. The highest BCUT2D eigenvalue weighted by Gasteiger charge is 2.26. The van der Waals surface area contributed by atoms with E-state index in [1.165, 1.54) is 6.42 Å². The average Bonchev–Trinajstić information content (AvgIpc) is 2.77. The maximum absolute atomic E-state index is 12.7. The minimum atomic E-state index is -0.560. The third-order valence-electron chi connectivity index (χ3n) is 5.74. The minimum absolute atomic E-state index is 0.164. The summed E-state index contributed by atoms with van der Waals surface area (Å²) in [5.41, 5.74) is 0.0669. The lowest BCUT2D eigenvalue weighted by molar-refractivity contribution is 0.0516. The van der Waals surface area contributed by atoms with Gasteiger partial charge >= 0.3 is 12.1 Å². The Morgan fingerprint density at radius 3 is 2.53 bits per heavy atom. The smallest absolute Gasteiger partial charge is 0.407 e. The van der Waals surface area contributed by atoms with Crippen molar-refractivity contribution in [3.8, 4) is 0 Å². The standard InChI is InChI=1S/C23H37N5O4/c1-23(2,3)32-22(30)25-16-19(17-7-5-4-6-8-17)27-21(29)26-18-9-10-20(24-15-18)28-11-13-31-14-12-28/h9-10,15,17,19H,4-8,11-14,16H2,1-3H3,(H,25,30)(H2,26,27,29)/t19-/m0/s1. The van der Waals surface area contributed by atoms with Crippen LogP contribution >= 0.6 is 0 Å². The Labute approximate surface area is 190 Å². The molecule has 3 amide bonds. The fraction of sp³-hybridized carbons (Fsp3) is 0.696. The molecule has 9 nitrogen and oxygen atoms in total. The second kappa shape index (κ2) is 11.4. The van der Waals surface area contributed by atoms with E-state index in [9.17, 15) is 9.59 Å². The number of anilines is 2. The average molecular weight is 448 g/mol. The fourth-order valence-corrected chi connectivity index (χ4v) is 4.15. The van der Waals surface area contributed by atoms with Gasteiger partial charge in [0.05, 0.1) is 31.1 Å². The number of carbonyl (C=O) groups excluding carboxylic acids is 2. The first-order valence-electron chi connectivity index (χ1n) is 11.6. The Hall–Kier alpha value is -2.55. The van der Waals surface area contributed by atoms with Gasteiger partial charge in [-0.15, -0.1) is 0 Å². The lowest BCUT2D eigenvalue weighted by Gasteiger charge is -2.31. The Bertz CT molecular complexity index is 738. The molecule has 1 atom stereocenters. The molecule has 1 aliphatic carbocycles. The lowest BCUT2D eigenvalue weighted by atomic mass is 9.84. The molecule has 1 aliphatic heterocycles. The van der Waals surface area contributed by atoms with Gasteiger partial charge in [-0.2, -0.15) is 0 Å². The van der Waals surface area contributed by atoms with Gasteiger partial charge in [0.15, 0.2) is 0 Å². The van der Waals surface area contributed by atoms with E-state index in [0.29, 0.717) is 31.4 Å². The van der Waals surface area contributed by atoms with Crippen molar-refractivity contribution in [1.82, 2.24) is 15.6 Å². The van der Waals surface area contributed by atoms with Crippen LogP contribution in [0.1, 0.15) is 52.9 Å². The molecule has 32 heavy (non-hydrogen) atoms. The van der Waals surface area contributed by atoms with E-state index in [1.807, 2.05) is 32.9 Å². The number of amides is 3. The van der Waals surface area contributed by atoms with Crippen molar-refractivity contribution in [2.24, 2.45) is 5.92 Å². The first kappa shape index (κ1) is 24.1. The summed E-state index contributed by atoms with van der Waals surface area (Å²) in [4.78, 5) is 31.4. The quantitative estimate of drug-likeness (QED) is 0.616. The highest BCUT2D eigenvalue weighted by atomic mass is 16.6. The van der Waals surface area contributed by atoms with Crippen molar-refractivity contribution in [3.05, 3.63) is 18.3 Å². The first-order chi connectivity index (χ1) is 15.3. The van der Waals surface area contributed by atoms with Crippen molar-refractivity contribution in [1.29, 1.82) is 0 Å². The molecule has 0 spiro atoms. The monoisotopic (exact) mass is 447 g/mol. The van der Waals surface area contributed by atoms with Crippen LogP contribution in [0.15, 0.2) is 18.3 Å². The van der Waals surface area contributed by atoms with Gasteiger partial charge < -0.3 is 30.3 Å². The normalized spacial score (nSPS) is 18.5. The number of morpholine rings is 1. The molecule has 0 aromatic carbocycles. The molecule has 2 aliphatic rings. The van der Waals surface area contributed by atoms with E-state index in [-0.39, 0.29) is 12.1 Å². The van der Waals surface area contributed by atoms with Gasteiger partial charge in [0.25, 0.3) is 0 Å². The maximum atomic E-state index is 12.7. The van der Waals surface area contributed by atoms with E-state index in [4.69, 9.17) is 9.47 Å². The summed E-state index contributed by atoms with van der Waals surface area (Å²) in [6.45, 7) is 8.84. The van der Waals surface area contributed by atoms with Gasteiger partial charge in [-0.3, -0.25) is 0 Å². The number of rotatable bonds is 6. The molecule has 1 saturated carbocycles. The number of nitrogens with zero attached hydrogens (tertiary/aromatic N) is 2. The molecular weight excluding hydrogens is 410 g/mol. The summed E-state index contributed by atoms with van der Waals surface area (Å²) in [5.74, 6) is 1.20. The summed E-state index contributed by atoms with van der Waals surface area (Å²) in [6, 6.07) is 3.30. The predicted octanol–water partition coefficient (Wildman–Crippen LogP) is 3.51. The number of hydrogen-bond donors (Lipinski definition) is 3. The van der Waals surface area contributed by atoms with Crippen LogP contribution < -0.4 is 20.9 Å². The summed E-state index contributed by atoms with van der Waals surface area (Å²) in [5, 5.41) is 8.74. The molecule has 3 rings (SSSR count). The number of pyridine rings is 1. The highest BCUT2D eigenvalue weighted by Crippen LogP contribution is 2.26. The third-order valence-corrected chi connectivity index (χ3v) is 5.74. The summed E-state index contributed by atoms with van der Waals surface area (Å²) in [6.07, 6.45) is 6.78. The van der Waals surface area contributed by atoms with Gasteiger partial charge in [-0.05, 0) is 51.7 Å². The Morgan fingerprint density at radius 2 is 1.91 bits per heavy atom. The fourth-order valence-electron chi connectivity index (χ4n) is 4.15. The van der Waals surface area contributed by atoms with Crippen LogP contribution in [0.2, 0.25) is 0 Å².